The molecule has 0 amide bonds. The van der Waals surface area contributed by atoms with Crippen LogP contribution in [0.1, 0.15) is 37.5 Å². The van der Waals surface area contributed by atoms with Crippen LogP contribution >= 0.6 is 0 Å². The van der Waals surface area contributed by atoms with E-state index in [1.807, 2.05) is 0 Å². The number of hydrogen-bond donors (Lipinski definition) is 0. The average Bonchev–Trinajstić information content (AvgIpc) is 2.91. The SMILES string of the molecule is Cc1c[c]([Sb]2[c]3ccccc3-c3cccc[c]32)cc(C(C)(C)C)c1C. The number of rotatable bonds is 1. The summed E-state index contributed by atoms with van der Waals surface area (Å²) in [6.07, 6.45) is 0. The van der Waals surface area contributed by atoms with Gasteiger partial charge in [0.1, 0.15) is 0 Å². The number of aryl methyl sites for hydroxylation is 1. The van der Waals surface area contributed by atoms with E-state index in [-0.39, 0.29) is 5.41 Å². The Labute approximate surface area is 158 Å². The molecule has 0 nitrogen and oxygen atoms in total. The molecular formula is C24H25Sb. The molecule has 25 heavy (non-hydrogen) atoms. The fourth-order valence-corrected chi connectivity index (χ4v) is 11.8. The number of benzene rings is 3. The zero-order valence-electron chi connectivity index (χ0n) is 15.7. The van der Waals surface area contributed by atoms with Crippen molar-refractivity contribution in [2.75, 3.05) is 0 Å². The zero-order valence-corrected chi connectivity index (χ0v) is 18.3. The van der Waals surface area contributed by atoms with Crippen molar-refractivity contribution in [1.82, 2.24) is 0 Å². The van der Waals surface area contributed by atoms with E-state index in [0.717, 1.165) is 0 Å². The standard InChI is InChI=1S/C12H8.C12H17.Sb/c1-3-7-11(8-4-1)12-9-5-2-6-10-12;1-9-7-6-8-11(10(9)2)12(3,4)5;/h1-7,9H;7-8H,1-5H3;. The summed E-state index contributed by atoms with van der Waals surface area (Å²) in [6.45, 7) is 11.6. The summed E-state index contributed by atoms with van der Waals surface area (Å²) < 4.78 is 4.85. The van der Waals surface area contributed by atoms with Crippen LogP contribution in [-0.2, 0) is 5.41 Å². The van der Waals surface area contributed by atoms with E-state index in [4.69, 9.17) is 0 Å². The summed E-state index contributed by atoms with van der Waals surface area (Å²) in [4.78, 5) is 0. The molecule has 0 atom stereocenters. The second-order valence-corrected chi connectivity index (χ2v) is 14.2. The Kier molecular flexibility index (Phi) is 4.08. The first kappa shape index (κ1) is 16.9. The first-order chi connectivity index (χ1) is 11.9. The molecule has 0 aromatic heterocycles. The van der Waals surface area contributed by atoms with Gasteiger partial charge in [-0.2, -0.15) is 0 Å². The molecule has 1 aliphatic heterocycles. The molecule has 0 unspecified atom stereocenters. The molecule has 4 rings (SSSR count). The molecule has 0 fully saturated rings. The Morgan fingerprint density at radius 1 is 0.720 bits per heavy atom. The Morgan fingerprint density at radius 3 is 1.76 bits per heavy atom. The molecule has 1 heterocycles. The quantitative estimate of drug-likeness (QED) is 0.395. The van der Waals surface area contributed by atoms with E-state index in [1.165, 1.54) is 27.8 Å². The maximum atomic E-state index is 2.53. The van der Waals surface area contributed by atoms with Gasteiger partial charge in [-0.05, 0) is 0 Å². The molecule has 3 aromatic carbocycles. The summed E-state index contributed by atoms with van der Waals surface area (Å²) >= 11 is -1.93. The second-order valence-electron chi connectivity index (χ2n) is 8.05. The van der Waals surface area contributed by atoms with Gasteiger partial charge in [-0.3, -0.25) is 0 Å². The van der Waals surface area contributed by atoms with Crippen LogP contribution in [-0.4, -0.2) is 20.2 Å². The van der Waals surface area contributed by atoms with Gasteiger partial charge in [0, 0.05) is 0 Å². The summed E-state index contributed by atoms with van der Waals surface area (Å²) in [5.41, 5.74) is 7.53. The van der Waals surface area contributed by atoms with Crippen molar-refractivity contribution in [1.29, 1.82) is 0 Å². The predicted molar refractivity (Wildman–Crippen MR) is 111 cm³/mol. The topological polar surface area (TPSA) is 0 Å². The van der Waals surface area contributed by atoms with Crippen molar-refractivity contribution < 1.29 is 0 Å². The number of fused-ring (bicyclic) bond motifs is 3. The Morgan fingerprint density at radius 2 is 1.24 bits per heavy atom. The van der Waals surface area contributed by atoms with Crippen molar-refractivity contribution in [3.8, 4) is 11.1 Å². The molecule has 3 aromatic rings. The van der Waals surface area contributed by atoms with Gasteiger partial charge in [0.15, 0.2) is 0 Å². The van der Waals surface area contributed by atoms with Crippen LogP contribution in [0.3, 0.4) is 0 Å². The van der Waals surface area contributed by atoms with Gasteiger partial charge in [0.2, 0.25) is 0 Å². The van der Waals surface area contributed by atoms with Crippen LogP contribution < -0.4 is 10.5 Å². The Hall–Kier alpha value is -1.52. The third-order valence-electron chi connectivity index (χ3n) is 5.30. The molecule has 0 aliphatic carbocycles. The van der Waals surface area contributed by atoms with Gasteiger partial charge in [0.25, 0.3) is 0 Å². The molecule has 0 bridgehead atoms. The van der Waals surface area contributed by atoms with Crippen LogP contribution in [0.5, 0.6) is 0 Å². The second kappa shape index (κ2) is 6.03. The van der Waals surface area contributed by atoms with Gasteiger partial charge < -0.3 is 0 Å². The molecule has 0 N–H and O–H groups in total. The van der Waals surface area contributed by atoms with E-state index in [1.54, 1.807) is 10.5 Å². The van der Waals surface area contributed by atoms with Crippen molar-refractivity contribution in [3.63, 3.8) is 0 Å². The minimum absolute atomic E-state index is 0.185. The van der Waals surface area contributed by atoms with Gasteiger partial charge >= 0.3 is 159 Å². The van der Waals surface area contributed by atoms with Crippen LogP contribution in [0, 0.1) is 13.8 Å². The van der Waals surface area contributed by atoms with Crippen LogP contribution in [0.2, 0.25) is 0 Å². The minimum atomic E-state index is -1.93. The van der Waals surface area contributed by atoms with Crippen molar-refractivity contribution in [2.24, 2.45) is 0 Å². The molecule has 1 heteroatoms. The average molecular weight is 435 g/mol. The van der Waals surface area contributed by atoms with E-state index in [0.29, 0.717) is 0 Å². The Balaban J connectivity index is 1.98. The molecular weight excluding hydrogens is 410 g/mol. The van der Waals surface area contributed by atoms with E-state index in [9.17, 15) is 0 Å². The molecule has 126 valence electrons. The maximum absolute atomic E-state index is 2.53. The molecule has 1 aliphatic rings. The molecule has 0 spiro atoms. The summed E-state index contributed by atoms with van der Waals surface area (Å²) in [6, 6.07) is 23.2. The molecule has 0 radical (unpaired) electrons. The number of hydrogen-bond acceptors (Lipinski definition) is 0. The third kappa shape index (κ3) is 2.76. The first-order valence-corrected chi connectivity index (χ1v) is 12.8. The van der Waals surface area contributed by atoms with Gasteiger partial charge in [0.05, 0.1) is 0 Å². The molecule has 0 saturated carbocycles. The fraction of sp³-hybridized carbons (Fsp3) is 0.250. The van der Waals surface area contributed by atoms with Gasteiger partial charge in [-0.15, -0.1) is 0 Å². The van der Waals surface area contributed by atoms with Crippen molar-refractivity contribution in [3.05, 3.63) is 77.4 Å². The van der Waals surface area contributed by atoms with Crippen LogP contribution in [0.4, 0.5) is 0 Å². The van der Waals surface area contributed by atoms with Crippen LogP contribution in [0.15, 0.2) is 60.7 Å². The van der Waals surface area contributed by atoms with Crippen molar-refractivity contribution >= 4 is 30.7 Å². The zero-order chi connectivity index (χ0) is 17.8. The van der Waals surface area contributed by atoms with Crippen molar-refractivity contribution in [2.45, 2.75) is 40.0 Å². The normalized spacial score (nSPS) is 13.6. The van der Waals surface area contributed by atoms with Gasteiger partial charge in [-0.1, -0.05) is 0 Å². The van der Waals surface area contributed by atoms with Gasteiger partial charge in [-0.25, -0.2) is 0 Å². The monoisotopic (exact) mass is 434 g/mol. The first-order valence-electron chi connectivity index (χ1n) is 8.98. The van der Waals surface area contributed by atoms with E-state index in [2.05, 4.69) is 95.3 Å². The summed E-state index contributed by atoms with van der Waals surface area (Å²) in [5, 5.41) is 0. The summed E-state index contributed by atoms with van der Waals surface area (Å²) in [5.74, 6) is 0. The Bertz CT molecular complexity index is 915. The van der Waals surface area contributed by atoms with Crippen LogP contribution in [0.25, 0.3) is 11.1 Å². The molecule has 0 saturated heterocycles. The summed E-state index contributed by atoms with van der Waals surface area (Å²) in [7, 11) is 0. The third-order valence-corrected chi connectivity index (χ3v) is 12.5. The van der Waals surface area contributed by atoms with E-state index >= 15 is 0 Å². The predicted octanol–water partition coefficient (Wildman–Crippen LogP) is 4.10. The van der Waals surface area contributed by atoms with E-state index < -0.39 is 20.2 Å². The fourth-order valence-electron chi connectivity index (χ4n) is 3.95.